The van der Waals surface area contributed by atoms with Crippen molar-refractivity contribution < 1.29 is 4.79 Å². The summed E-state index contributed by atoms with van der Waals surface area (Å²) in [5.41, 5.74) is 1.96. The third-order valence-electron chi connectivity index (χ3n) is 6.20. The minimum absolute atomic E-state index is 0.174. The Bertz CT molecular complexity index is 1490. The molecule has 0 saturated carbocycles. The van der Waals surface area contributed by atoms with E-state index in [-0.39, 0.29) is 24.6 Å². The number of carbonyl (C=O) groups excluding carboxylic acids is 1. The number of anilines is 1. The summed E-state index contributed by atoms with van der Waals surface area (Å²) in [6, 6.07) is 16.6. The summed E-state index contributed by atoms with van der Waals surface area (Å²) in [4.78, 5) is 41.7. The molecule has 1 aliphatic rings. The van der Waals surface area contributed by atoms with E-state index < -0.39 is 5.69 Å². The zero-order chi connectivity index (χ0) is 23.7. The molecule has 2 aromatic heterocycles. The molecule has 1 N–H and O–H groups in total. The Morgan fingerprint density at radius 1 is 1.00 bits per heavy atom. The van der Waals surface area contributed by atoms with Gasteiger partial charge in [0.1, 0.15) is 11.4 Å². The smallest absolute Gasteiger partial charge is 0.324 e. The fourth-order valence-corrected chi connectivity index (χ4v) is 6.11. The van der Waals surface area contributed by atoms with Gasteiger partial charge in [0.15, 0.2) is 0 Å². The molecule has 4 aromatic rings. The van der Waals surface area contributed by atoms with Gasteiger partial charge in [-0.3, -0.25) is 18.7 Å². The second kappa shape index (κ2) is 9.60. The van der Waals surface area contributed by atoms with Crippen molar-refractivity contribution in [3.05, 3.63) is 96.5 Å². The average Bonchev–Trinajstić information content (AvgIpc) is 3.22. The summed E-state index contributed by atoms with van der Waals surface area (Å²) in [5, 5.41) is 3.92. The predicted molar refractivity (Wildman–Crippen MR) is 137 cm³/mol. The number of nitrogens with zero attached hydrogens (tertiary/aromatic N) is 2. The first-order chi connectivity index (χ1) is 16.5. The molecule has 2 heterocycles. The van der Waals surface area contributed by atoms with Crippen LogP contribution in [0.1, 0.15) is 28.8 Å². The van der Waals surface area contributed by atoms with E-state index in [9.17, 15) is 14.4 Å². The van der Waals surface area contributed by atoms with Crippen LogP contribution in [0.2, 0.25) is 5.02 Å². The third-order valence-corrected chi connectivity index (χ3v) is 7.75. The van der Waals surface area contributed by atoms with Gasteiger partial charge in [0, 0.05) is 22.1 Å². The number of aromatic nitrogens is 2. The largest absolute Gasteiger partial charge is 0.332 e. The topological polar surface area (TPSA) is 73.1 Å². The van der Waals surface area contributed by atoms with Gasteiger partial charge in [0.05, 0.1) is 5.39 Å². The maximum atomic E-state index is 13.5. The molecule has 34 heavy (non-hydrogen) atoms. The van der Waals surface area contributed by atoms with Gasteiger partial charge >= 0.3 is 5.69 Å². The molecular weight excluding hydrogens is 470 g/mol. The predicted octanol–water partition coefficient (Wildman–Crippen LogP) is 4.64. The summed E-state index contributed by atoms with van der Waals surface area (Å²) < 4.78 is 2.76. The lowest BCUT2D eigenvalue weighted by Crippen LogP contribution is -2.42. The number of hydrogen-bond acceptors (Lipinski definition) is 4. The molecule has 1 aliphatic carbocycles. The van der Waals surface area contributed by atoms with Crippen molar-refractivity contribution in [1.29, 1.82) is 0 Å². The van der Waals surface area contributed by atoms with E-state index in [0.29, 0.717) is 27.3 Å². The Hall–Kier alpha value is -3.16. The molecule has 1 amide bonds. The molecule has 0 fully saturated rings. The van der Waals surface area contributed by atoms with Crippen LogP contribution in [0.25, 0.3) is 10.2 Å². The summed E-state index contributed by atoms with van der Waals surface area (Å²) in [7, 11) is 0. The Morgan fingerprint density at radius 2 is 1.79 bits per heavy atom. The van der Waals surface area contributed by atoms with Crippen LogP contribution in [-0.4, -0.2) is 15.0 Å². The van der Waals surface area contributed by atoms with Gasteiger partial charge in [-0.05, 0) is 61.4 Å². The number of halogens is 1. The lowest BCUT2D eigenvalue weighted by atomic mass is 9.97. The summed E-state index contributed by atoms with van der Waals surface area (Å²) in [6.07, 6.45) is 4.39. The molecule has 174 valence electrons. The maximum absolute atomic E-state index is 13.5. The highest BCUT2D eigenvalue weighted by Crippen LogP contribution is 2.34. The van der Waals surface area contributed by atoms with Crippen molar-refractivity contribution in [1.82, 2.24) is 9.13 Å². The molecule has 0 bridgehead atoms. The number of hydrogen-bond donors (Lipinski definition) is 1. The van der Waals surface area contributed by atoms with Crippen LogP contribution in [0, 0.1) is 0 Å². The zero-order valence-corrected chi connectivity index (χ0v) is 20.1. The Labute approximate surface area is 205 Å². The molecule has 2 aromatic carbocycles. The highest BCUT2D eigenvalue weighted by molar-refractivity contribution is 7.18. The minimum atomic E-state index is -0.451. The van der Waals surface area contributed by atoms with Crippen LogP contribution in [-0.2, 0) is 37.1 Å². The Kier molecular flexibility index (Phi) is 6.39. The molecule has 0 radical (unpaired) electrons. The van der Waals surface area contributed by atoms with Crippen molar-refractivity contribution in [3.8, 4) is 0 Å². The van der Waals surface area contributed by atoms with E-state index in [4.69, 9.17) is 11.6 Å². The molecule has 0 saturated heterocycles. The van der Waals surface area contributed by atoms with Crippen LogP contribution in [0.3, 0.4) is 0 Å². The van der Waals surface area contributed by atoms with Crippen molar-refractivity contribution in [3.63, 3.8) is 0 Å². The van der Waals surface area contributed by atoms with Crippen LogP contribution < -0.4 is 16.6 Å². The molecule has 0 aliphatic heterocycles. The van der Waals surface area contributed by atoms with Gasteiger partial charge in [-0.15, -0.1) is 11.3 Å². The van der Waals surface area contributed by atoms with Gasteiger partial charge in [-0.25, -0.2) is 4.79 Å². The Morgan fingerprint density at radius 3 is 2.59 bits per heavy atom. The quantitative estimate of drug-likeness (QED) is 0.425. The molecule has 0 spiro atoms. The fourth-order valence-electron chi connectivity index (χ4n) is 4.55. The van der Waals surface area contributed by atoms with Gasteiger partial charge < -0.3 is 5.32 Å². The minimum Gasteiger partial charge on any atom is -0.324 e. The van der Waals surface area contributed by atoms with Crippen molar-refractivity contribution in [2.45, 2.75) is 45.2 Å². The molecule has 0 atom stereocenters. The van der Waals surface area contributed by atoms with Crippen LogP contribution in [0.15, 0.2) is 64.2 Å². The number of benzene rings is 2. The number of carbonyl (C=O) groups is 1. The average molecular weight is 494 g/mol. The van der Waals surface area contributed by atoms with Crippen LogP contribution in [0.4, 0.5) is 5.69 Å². The molecule has 8 heteroatoms. The first kappa shape index (κ1) is 22.6. The fraction of sp³-hybridized carbons (Fsp3) is 0.269. The SMILES string of the molecule is O=C(Cn1c(=O)n(CCc2ccccc2)c(=O)c2c3c(sc21)CCCC3)Nc1cccc(Cl)c1. The number of fused-ring (bicyclic) bond motifs is 3. The van der Waals surface area contributed by atoms with Gasteiger partial charge in [0.2, 0.25) is 5.91 Å². The van der Waals surface area contributed by atoms with Crippen molar-refractivity contribution in [2.75, 3.05) is 5.32 Å². The summed E-state index contributed by atoms with van der Waals surface area (Å²) >= 11 is 7.51. The third kappa shape index (κ3) is 4.45. The normalized spacial score (nSPS) is 13.1. The standard InChI is InChI=1S/C26H24ClN3O3S/c27-18-9-6-10-19(15-18)28-22(31)16-30-25-23(20-11-4-5-12-21(20)34-25)24(32)29(26(30)33)14-13-17-7-2-1-3-8-17/h1-3,6-10,15H,4-5,11-14,16H2,(H,28,31). The van der Waals surface area contributed by atoms with Gasteiger partial charge in [0.25, 0.3) is 5.56 Å². The molecular formula is C26H24ClN3O3S. The van der Waals surface area contributed by atoms with Crippen LogP contribution >= 0.6 is 22.9 Å². The highest BCUT2D eigenvalue weighted by atomic mass is 35.5. The summed E-state index contributed by atoms with van der Waals surface area (Å²) in [6.45, 7) is 0.0883. The number of amides is 1. The zero-order valence-electron chi connectivity index (χ0n) is 18.6. The summed E-state index contributed by atoms with van der Waals surface area (Å²) in [5.74, 6) is -0.342. The van der Waals surface area contributed by atoms with Gasteiger partial charge in [-0.1, -0.05) is 48.0 Å². The first-order valence-electron chi connectivity index (χ1n) is 11.4. The number of aryl methyl sites for hydroxylation is 3. The van der Waals surface area contributed by atoms with Crippen molar-refractivity contribution in [2.24, 2.45) is 0 Å². The highest BCUT2D eigenvalue weighted by Gasteiger charge is 2.24. The second-order valence-electron chi connectivity index (χ2n) is 8.51. The number of thiophene rings is 1. The van der Waals surface area contributed by atoms with E-state index in [2.05, 4.69) is 5.32 Å². The van der Waals surface area contributed by atoms with E-state index >= 15 is 0 Å². The number of rotatable bonds is 6. The maximum Gasteiger partial charge on any atom is 0.332 e. The van der Waals surface area contributed by atoms with E-state index in [0.717, 1.165) is 41.7 Å². The molecule has 0 unspecified atom stereocenters. The second-order valence-corrected chi connectivity index (χ2v) is 10.0. The Balaban J connectivity index is 1.56. The van der Waals surface area contributed by atoms with E-state index in [1.165, 1.54) is 20.5 Å². The lowest BCUT2D eigenvalue weighted by molar-refractivity contribution is -0.116. The van der Waals surface area contributed by atoms with E-state index in [1.54, 1.807) is 24.3 Å². The monoisotopic (exact) mass is 493 g/mol. The van der Waals surface area contributed by atoms with Gasteiger partial charge in [-0.2, -0.15) is 0 Å². The van der Waals surface area contributed by atoms with Crippen molar-refractivity contribution >= 4 is 44.7 Å². The van der Waals surface area contributed by atoms with Crippen LogP contribution in [0.5, 0.6) is 0 Å². The molecule has 5 rings (SSSR count). The van der Waals surface area contributed by atoms with E-state index in [1.807, 2.05) is 30.3 Å². The molecule has 6 nitrogen and oxygen atoms in total. The first-order valence-corrected chi connectivity index (χ1v) is 12.6. The number of nitrogens with one attached hydrogen (secondary N) is 1. The lowest BCUT2D eigenvalue weighted by Gasteiger charge is -2.14.